The van der Waals surface area contributed by atoms with E-state index in [-0.39, 0.29) is 5.56 Å². The van der Waals surface area contributed by atoms with Gasteiger partial charge in [-0.3, -0.25) is 9.20 Å². The number of nitrogens with zero attached hydrogens (tertiary/aromatic N) is 2. The first kappa shape index (κ1) is 6.88. The lowest BCUT2D eigenvalue weighted by molar-refractivity contribution is 0.886. The summed E-state index contributed by atoms with van der Waals surface area (Å²) in [6, 6.07) is 0. The van der Waals surface area contributed by atoms with Crippen LogP contribution in [0.2, 0.25) is 0 Å². The zero-order valence-corrected chi connectivity index (χ0v) is 7.08. The topological polar surface area (TPSA) is 50.2 Å². The number of aryl methyl sites for hydroxylation is 2. The van der Waals surface area contributed by atoms with Crippen molar-refractivity contribution in [3.63, 3.8) is 0 Å². The van der Waals surface area contributed by atoms with E-state index in [9.17, 15) is 4.79 Å². The van der Waals surface area contributed by atoms with Crippen LogP contribution in [0.4, 0.5) is 0 Å². The normalized spacial score (nSPS) is 15.1. The molecule has 0 atom stereocenters. The molecule has 0 spiro atoms. The van der Waals surface area contributed by atoms with E-state index in [0.29, 0.717) is 5.65 Å². The standard InChI is InChI=1S/C9H9N3O/c13-9-8-10-4-5-12(8)7-3-1-2-6(7)11-9/h4-5H,1-3H2,(H,11,13). The molecule has 66 valence electrons. The first-order valence-electron chi connectivity index (χ1n) is 4.43. The van der Waals surface area contributed by atoms with Crippen LogP contribution in [0.25, 0.3) is 5.65 Å². The first-order valence-corrected chi connectivity index (χ1v) is 4.43. The summed E-state index contributed by atoms with van der Waals surface area (Å²) >= 11 is 0. The van der Waals surface area contributed by atoms with Crippen LogP contribution in [0.1, 0.15) is 17.8 Å². The molecule has 0 aliphatic heterocycles. The molecular weight excluding hydrogens is 166 g/mol. The van der Waals surface area contributed by atoms with Gasteiger partial charge in [0.1, 0.15) is 0 Å². The molecule has 0 unspecified atom stereocenters. The second-order valence-corrected chi connectivity index (χ2v) is 3.35. The summed E-state index contributed by atoms with van der Waals surface area (Å²) in [7, 11) is 0. The monoisotopic (exact) mass is 175 g/mol. The summed E-state index contributed by atoms with van der Waals surface area (Å²) in [4.78, 5) is 18.4. The van der Waals surface area contributed by atoms with Gasteiger partial charge in [-0.15, -0.1) is 0 Å². The van der Waals surface area contributed by atoms with E-state index < -0.39 is 0 Å². The maximum atomic E-state index is 11.5. The third-order valence-electron chi connectivity index (χ3n) is 2.59. The van der Waals surface area contributed by atoms with Crippen LogP contribution < -0.4 is 5.56 Å². The van der Waals surface area contributed by atoms with Gasteiger partial charge >= 0.3 is 0 Å². The quantitative estimate of drug-likeness (QED) is 0.634. The van der Waals surface area contributed by atoms with Crippen molar-refractivity contribution in [3.05, 3.63) is 34.1 Å². The van der Waals surface area contributed by atoms with Crippen LogP contribution in [0.3, 0.4) is 0 Å². The number of rotatable bonds is 0. The largest absolute Gasteiger partial charge is 0.321 e. The molecule has 0 aromatic carbocycles. The Morgan fingerprint density at radius 3 is 3.31 bits per heavy atom. The molecule has 0 bridgehead atoms. The van der Waals surface area contributed by atoms with Gasteiger partial charge < -0.3 is 4.98 Å². The van der Waals surface area contributed by atoms with Crippen molar-refractivity contribution < 1.29 is 0 Å². The fraction of sp³-hybridized carbons (Fsp3) is 0.333. The van der Waals surface area contributed by atoms with Gasteiger partial charge in [-0.05, 0) is 19.3 Å². The van der Waals surface area contributed by atoms with Gasteiger partial charge in [-0.2, -0.15) is 0 Å². The average Bonchev–Trinajstić information content (AvgIpc) is 2.66. The Kier molecular flexibility index (Phi) is 1.17. The number of imidazole rings is 1. The number of fused-ring (bicyclic) bond motifs is 3. The predicted molar refractivity (Wildman–Crippen MR) is 47.8 cm³/mol. The Bertz CT molecular complexity index is 523. The van der Waals surface area contributed by atoms with Crippen molar-refractivity contribution in [1.29, 1.82) is 0 Å². The average molecular weight is 175 g/mol. The molecule has 2 aromatic heterocycles. The second-order valence-electron chi connectivity index (χ2n) is 3.35. The van der Waals surface area contributed by atoms with Crippen molar-refractivity contribution in [2.75, 3.05) is 0 Å². The van der Waals surface area contributed by atoms with Gasteiger partial charge in [-0.25, -0.2) is 4.98 Å². The van der Waals surface area contributed by atoms with E-state index in [1.54, 1.807) is 6.20 Å². The predicted octanol–water partition coefficient (Wildman–Crippen LogP) is 0.511. The van der Waals surface area contributed by atoms with Gasteiger partial charge in [0.25, 0.3) is 5.56 Å². The lowest BCUT2D eigenvalue weighted by Gasteiger charge is -2.01. The van der Waals surface area contributed by atoms with Gasteiger partial charge in [0.15, 0.2) is 0 Å². The van der Waals surface area contributed by atoms with E-state index in [0.717, 1.165) is 25.0 Å². The molecule has 4 heteroatoms. The highest BCUT2D eigenvalue weighted by Gasteiger charge is 2.16. The van der Waals surface area contributed by atoms with Crippen molar-refractivity contribution in [3.8, 4) is 0 Å². The summed E-state index contributed by atoms with van der Waals surface area (Å²) in [5, 5.41) is 0. The zero-order chi connectivity index (χ0) is 8.84. The van der Waals surface area contributed by atoms with E-state index in [2.05, 4.69) is 9.97 Å². The Labute approximate surface area is 74.2 Å². The second kappa shape index (κ2) is 2.22. The van der Waals surface area contributed by atoms with Gasteiger partial charge in [-0.1, -0.05) is 0 Å². The number of H-pyrrole nitrogens is 1. The van der Waals surface area contributed by atoms with Crippen LogP contribution in [0, 0.1) is 0 Å². The lowest BCUT2D eigenvalue weighted by atomic mass is 10.3. The molecule has 0 amide bonds. The molecule has 1 N–H and O–H groups in total. The minimum atomic E-state index is -0.0781. The third kappa shape index (κ3) is 0.798. The van der Waals surface area contributed by atoms with Crippen molar-refractivity contribution in [1.82, 2.24) is 14.4 Å². The van der Waals surface area contributed by atoms with Crippen molar-refractivity contribution in [2.24, 2.45) is 0 Å². The van der Waals surface area contributed by atoms with E-state index >= 15 is 0 Å². The van der Waals surface area contributed by atoms with Crippen LogP contribution in [-0.2, 0) is 12.8 Å². The molecule has 4 nitrogen and oxygen atoms in total. The fourth-order valence-corrected chi connectivity index (χ4v) is 2.01. The maximum absolute atomic E-state index is 11.5. The summed E-state index contributed by atoms with van der Waals surface area (Å²) in [5.74, 6) is 0. The van der Waals surface area contributed by atoms with Crippen molar-refractivity contribution in [2.45, 2.75) is 19.3 Å². The highest BCUT2D eigenvalue weighted by atomic mass is 16.1. The molecule has 1 aliphatic carbocycles. The summed E-state index contributed by atoms with van der Waals surface area (Å²) < 4.78 is 1.90. The number of hydrogen-bond donors (Lipinski definition) is 1. The molecule has 2 aromatic rings. The molecule has 1 aliphatic rings. The van der Waals surface area contributed by atoms with E-state index in [1.807, 2.05) is 10.6 Å². The maximum Gasteiger partial charge on any atom is 0.291 e. The van der Waals surface area contributed by atoms with E-state index in [4.69, 9.17) is 0 Å². The Morgan fingerprint density at radius 2 is 2.38 bits per heavy atom. The lowest BCUT2D eigenvalue weighted by Crippen LogP contribution is -2.14. The smallest absolute Gasteiger partial charge is 0.291 e. The summed E-state index contributed by atoms with van der Waals surface area (Å²) in [5.41, 5.74) is 2.73. The van der Waals surface area contributed by atoms with Crippen LogP contribution in [-0.4, -0.2) is 14.4 Å². The van der Waals surface area contributed by atoms with Gasteiger partial charge in [0.2, 0.25) is 5.65 Å². The fourth-order valence-electron chi connectivity index (χ4n) is 2.01. The summed E-state index contributed by atoms with van der Waals surface area (Å²) in [6.45, 7) is 0. The number of nitrogens with one attached hydrogen (secondary N) is 1. The molecule has 0 saturated heterocycles. The third-order valence-corrected chi connectivity index (χ3v) is 2.59. The van der Waals surface area contributed by atoms with Gasteiger partial charge in [0, 0.05) is 23.8 Å². The molecule has 2 heterocycles. The number of hydrogen-bond acceptors (Lipinski definition) is 2. The minimum Gasteiger partial charge on any atom is -0.321 e. The van der Waals surface area contributed by atoms with Crippen LogP contribution in [0.15, 0.2) is 17.2 Å². The number of aromatic nitrogens is 3. The molecule has 0 radical (unpaired) electrons. The Hall–Kier alpha value is -1.58. The minimum absolute atomic E-state index is 0.0781. The molecule has 3 rings (SSSR count). The van der Waals surface area contributed by atoms with Crippen molar-refractivity contribution >= 4 is 5.65 Å². The molecule has 13 heavy (non-hydrogen) atoms. The summed E-state index contributed by atoms with van der Waals surface area (Å²) in [6.07, 6.45) is 6.68. The SMILES string of the molecule is O=c1[nH]c2c(n3ccnc13)CCC2. The van der Waals surface area contributed by atoms with Crippen LogP contribution >= 0.6 is 0 Å². The van der Waals surface area contributed by atoms with Crippen LogP contribution in [0.5, 0.6) is 0 Å². The molecule has 0 saturated carbocycles. The number of aromatic amines is 1. The van der Waals surface area contributed by atoms with E-state index in [1.165, 1.54) is 5.69 Å². The molecule has 0 fully saturated rings. The Morgan fingerprint density at radius 1 is 1.46 bits per heavy atom. The highest BCUT2D eigenvalue weighted by Crippen LogP contribution is 2.18. The van der Waals surface area contributed by atoms with Gasteiger partial charge in [0.05, 0.1) is 0 Å². The molecular formula is C9H9N3O. The zero-order valence-electron chi connectivity index (χ0n) is 7.08. The first-order chi connectivity index (χ1) is 6.36. The highest BCUT2D eigenvalue weighted by molar-refractivity contribution is 5.39. The Balaban J connectivity index is 2.55.